The lowest BCUT2D eigenvalue weighted by Gasteiger charge is -2.47. The summed E-state index contributed by atoms with van der Waals surface area (Å²) in [4.78, 5) is 5.03. The van der Waals surface area contributed by atoms with Crippen molar-refractivity contribution in [1.29, 1.82) is 0 Å². The molecule has 0 amide bonds. The van der Waals surface area contributed by atoms with E-state index in [4.69, 9.17) is 0 Å². The standard InChI is InChI=1S/C10H21BN2/c1-12-6-2-4-10(8-12)5-3-7-13(11)9-10/h2-9,11H2,1H3. The molecule has 13 heavy (non-hydrogen) atoms. The van der Waals surface area contributed by atoms with Crippen LogP contribution in [0, 0.1) is 5.41 Å². The molecule has 2 aliphatic rings. The summed E-state index contributed by atoms with van der Waals surface area (Å²) in [7, 11) is 4.55. The van der Waals surface area contributed by atoms with Gasteiger partial charge >= 0.3 is 0 Å². The van der Waals surface area contributed by atoms with Gasteiger partial charge in [0, 0.05) is 6.54 Å². The van der Waals surface area contributed by atoms with Gasteiger partial charge in [0.05, 0.1) is 0 Å². The lowest BCUT2D eigenvalue weighted by atomic mass is 9.73. The van der Waals surface area contributed by atoms with E-state index in [1.54, 1.807) is 0 Å². The molecule has 0 radical (unpaired) electrons. The molecule has 1 unspecified atom stereocenters. The number of piperidine rings is 2. The van der Waals surface area contributed by atoms with E-state index in [1.165, 1.54) is 51.9 Å². The normalized spacial score (nSPS) is 38.2. The highest BCUT2D eigenvalue weighted by molar-refractivity contribution is 6.04. The zero-order chi connectivity index (χ0) is 9.31. The SMILES string of the molecule is BN1CCCC2(CCCN(C)C2)C1. The van der Waals surface area contributed by atoms with Gasteiger partial charge in [-0.25, -0.2) is 0 Å². The summed E-state index contributed by atoms with van der Waals surface area (Å²) in [6, 6.07) is 0. The van der Waals surface area contributed by atoms with Gasteiger partial charge in [-0.15, -0.1) is 0 Å². The second-order valence-corrected chi connectivity index (χ2v) is 5.18. The van der Waals surface area contributed by atoms with Gasteiger partial charge in [-0.05, 0) is 57.8 Å². The Balaban J connectivity index is 2.00. The molecule has 0 aromatic heterocycles. The van der Waals surface area contributed by atoms with Crippen molar-refractivity contribution in [1.82, 2.24) is 9.71 Å². The smallest absolute Gasteiger partial charge is 0.185 e. The summed E-state index contributed by atoms with van der Waals surface area (Å²) in [5.41, 5.74) is 0.653. The molecule has 0 bridgehead atoms. The second-order valence-electron chi connectivity index (χ2n) is 5.18. The van der Waals surface area contributed by atoms with Crippen LogP contribution in [0.25, 0.3) is 0 Å². The highest BCUT2D eigenvalue weighted by atomic mass is 15.1. The molecule has 0 aliphatic carbocycles. The summed E-state index contributed by atoms with van der Waals surface area (Å²) in [5.74, 6) is 0. The lowest BCUT2D eigenvalue weighted by Crippen LogP contribution is -2.50. The summed E-state index contributed by atoms with van der Waals surface area (Å²) in [5, 5.41) is 0. The molecular weight excluding hydrogens is 159 g/mol. The van der Waals surface area contributed by atoms with Gasteiger partial charge in [-0.3, -0.25) is 0 Å². The minimum atomic E-state index is 0.653. The van der Waals surface area contributed by atoms with E-state index >= 15 is 0 Å². The van der Waals surface area contributed by atoms with E-state index in [0.717, 1.165) is 0 Å². The van der Waals surface area contributed by atoms with Crippen LogP contribution in [-0.4, -0.2) is 50.9 Å². The maximum absolute atomic E-state index is 2.52. The third-order valence-corrected chi connectivity index (χ3v) is 3.70. The van der Waals surface area contributed by atoms with E-state index in [9.17, 15) is 0 Å². The van der Waals surface area contributed by atoms with E-state index in [0.29, 0.717) is 5.41 Å². The van der Waals surface area contributed by atoms with Crippen molar-refractivity contribution >= 4 is 7.98 Å². The van der Waals surface area contributed by atoms with Crippen LogP contribution in [0.5, 0.6) is 0 Å². The Morgan fingerprint density at radius 3 is 2.38 bits per heavy atom. The molecule has 2 saturated heterocycles. The summed E-state index contributed by atoms with van der Waals surface area (Å²) < 4.78 is 0. The number of hydrogen-bond acceptors (Lipinski definition) is 2. The molecule has 2 heterocycles. The lowest BCUT2D eigenvalue weighted by molar-refractivity contribution is 0.0534. The highest BCUT2D eigenvalue weighted by Crippen LogP contribution is 2.37. The Labute approximate surface area is 82.7 Å². The molecule has 74 valence electrons. The minimum Gasteiger partial charge on any atom is -0.348 e. The highest BCUT2D eigenvalue weighted by Gasteiger charge is 2.36. The van der Waals surface area contributed by atoms with Gasteiger partial charge in [0.15, 0.2) is 7.98 Å². The van der Waals surface area contributed by atoms with Crippen molar-refractivity contribution in [2.45, 2.75) is 25.7 Å². The van der Waals surface area contributed by atoms with Crippen LogP contribution in [0.2, 0.25) is 0 Å². The monoisotopic (exact) mass is 180 g/mol. The average molecular weight is 180 g/mol. The van der Waals surface area contributed by atoms with E-state index in [2.05, 4.69) is 24.7 Å². The topological polar surface area (TPSA) is 6.48 Å². The molecule has 2 rings (SSSR count). The van der Waals surface area contributed by atoms with Gasteiger partial charge in [0.2, 0.25) is 0 Å². The fourth-order valence-electron chi connectivity index (χ4n) is 3.24. The van der Waals surface area contributed by atoms with E-state index in [-0.39, 0.29) is 0 Å². The number of rotatable bonds is 0. The molecule has 1 atom stereocenters. The molecule has 0 aromatic rings. The van der Waals surface area contributed by atoms with Crippen LogP contribution in [0.15, 0.2) is 0 Å². The summed E-state index contributed by atoms with van der Waals surface area (Å²) >= 11 is 0. The van der Waals surface area contributed by atoms with Gasteiger partial charge in [-0.2, -0.15) is 0 Å². The van der Waals surface area contributed by atoms with E-state index in [1.807, 2.05) is 0 Å². The molecule has 0 aromatic carbocycles. The molecule has 0 N–H and O–H groups in total. The van der Waals surface area contributed by atoms with E-state index < -0.39 is 0 Å². The third kappa shape index (κ3) is 2.08. The molecule has 2 aliphatic heterocycles. The predicted octanol–water partition coefficient (Wildman–Crippen LogP) is 0.342. The zero-order valence-electron chi connectivity index (χ0n) is 9.05. The maximum Gasteiger partial charge on any atom is 0.185 e. The van der Waals surface area contributed by atoms with Crippen molar-refractivity contribution in [2.75, 3.05) is 33.2 Å². The van der Waals surface area contributed by atoms with Crippen molar-refractivity contribution in [3.8, 4) is 0 Å². The Kier molecular flexibility index (Phi) is 2.66. The Morgan fingerprint density at radius 1 is 1.08 bits per heavy atom. The summed E-state index contributed by atoms with van der Waals surface area (Å²) in [6.07, 6.45) is 5.73. The second kappa shape index (κ2) is 3.62. The fraction of sp³-hybridized carbons (Fsp3) is 1.00. The van der Waals surface area contributed by atoms with Crippen LogP contribution in [0.4, 0.5) is 0 Å². The Hall–Kier alpha value is -0.0151. The van der Waals surface area contributed by atoms with Gasteiger partial charge in [0.1, 0.15) is 0 Å². The van der Waals surface area contributed by atoms with Crippen LogP contribution >= 0.6 is 0 Å². The van der Waals surface area contributed by atoms with Gasteiger partial charge in [0.25, 0.3) is 0 Å². The van der Waals surface area contributed by atoms with Crippen molar-refractivity contribution in [2.24, 2.45) is 5.41 Å². The largest absolute Gasteiger partial charge is 0.348 e. The first-order chi connectivity index (χ1) is 6.20. The van der Waals surface area contributed by atoms with Crippen LogP contribution < -0.4 is 0 Å². The first-order valence-corrected chi connectivity index (χ1v) is 5.57. The number of hydrogen-bond donors (Lipinski definition) is 0. The molecule has 0 saturated carbocycles. The number of likely N-dealkylation sites (tertiary alicyclic amines) is 1. The average Bonchev–Trinajstić information content (AvgIpc) is 2.02. The minimum absolute atomic E-state index is 0.653. The molecule has 1 spiro atoms. The Morgan fingerprint density at radius 2 is 1.77 bits per heavy atom. The molecule has 2 fully saturated rings. The predicted molar refractivity (Wildman–Crippen MR) is 58.5 cm³/mol. The zero-order valence-corrected chi connectivity index (χ0v) is 9.05. The first-order valence-electron chi connectivity index (χ1n) is 5.57. The van der Waals surface area contributed by atoms with Crippen molar-refractivity contribution < 1.29 is 0 Å². The summed E-state index contributed by atoms with van der Waals surface area (Å²) in [6.45, 7) is 5.28. The van der Waals surface area contributed by atoms with Crippen molar-refractivity contribution in [3.63, 3.8) is 0 Å². The van der Waals surface area contributed by atoms with Crippen LogP contribution in [0.1, 0.15) is 25.7 Å². The van der Waals surface area contributed by atoms with Crippen molar-refractivity contribution in [3.05, 3.63) is 0 Å². The Bertz CT molecular complexity index is 164. The first kappa shape index (κ1) is 9.54. The van der Waals surface area contributed by atoms with Gasteiger partial charge in [-0.1, -0.05) is 0 Å². The van der Waals surface area contributed by atoms with Crippen LogP contribution in [-0.2, 0) is 0 Å². The molecule has 3 heteroatoms. The van der Waals surface area contributed by atoms with Crippen LogP contribution in [0.3, 0.4) is 0 Å². The molecule has 2 nitrogen and oxygen atoms in total. The van der Waals surface area contributed by atoms with Gasteiger partial charge < -0.3 is 9.71 Å². The quantitative estimate of drug-likeness (QED) is 0.496. The molecular formula is C10H21BN2. The fourth-order valence-corrected chi connectivity index (χ4v) is 3.24. The number of nitrogens with zero attached hydrogens (tertiary/aromatic N) is 2. The maximum atomic E-state index is 2.52. The third-order valence-electron chi connectivity index (χ3n) is 3.70.